The molecule has 0 aliphatic carbocycles. The van der Waals surface area contributed by atoms with E-state index in [-0.39, 0.29) is 5.91 Å². The molecule has 0 bridgehead atoms. The van der Waals surface area contributed by atoms with E-state index in [4.69, 9.17) is 9.47 Å². The second kappa shape index (κ2) is 8.01. The molecule has 0 aliphatic heterocycles. The molecule has 0 unspecified atom stereocenters. The summed E-state index contributed by atoms with van der Waals surface area (Å²) in [6, 6.07) is 14.8. The zero-order valence-electron chi connectivity index (χ0n) is 14.9. The molecule has 134 valence electrons. The molecule has 3 rings (SSSR count). The first-order chi connectivity index (χ1) is 12.6. The summed E-state index contributed by atoms with van der Waals surface area (Å²) in [6.45, 7) is 4.45. The molecule has 1 amide bonds. The van der Waals surface area contributed by atoms with E-state index in [1.807, 2.05) is 44.2 Å². The molecule has 1 N–H and O–H groups in total. The first-order valence-corrected chi connectivity index (χ1v) is 9.08. The Labute approximate surface area is 156 Å². The number of ether oxygens (including phenoxy) is 2. The van der Waals surface area contributed by atoms with Gasteiger partial charge < -0.3 is 9.47 Å². The van der Waals surface area contributed by atoms with Crippen LogP contribution in [0.4, 0.5) is 5.13 Å². The Morgan fingerprint density at radius 3 is 2.62 bits per heavy atom. The molecule has 0 aliphatic rings. The molecular weight excluding hydrogens is 348 g/mol. The van der Waals surface area contributed by atoms with Gasteiger partial charge in [0.2, 0.25) is 0 Å². The number of hydrogen-bond acceptors (Lipinski definition) is 5. The predicted octanol–water partition coefficient (Wildman–Crippen LogP) is 4.78. The number of aromatic nitrogens is 1. The molecular formula is C20H20N2O3S. The molecule has 5 nitrogen and oxygen atoms in total. The van der Waals surface area contributed by atoms with Gasteiger partial charge in [-0.3, -0.25) is 10.1 Å². The smallest absolute Gasteiger partial charge is 0.257 e. The highest BCUT2D eigenvalue weighted by atomic mass is 32.1. The van der Waals surface area contributed by atoms with Crippen LogP contribution < -0.4 is 14.8 Å². The Bertz CT molecular complexity index is 904. The Kier molecular flexibility index (Phi) is 5.53. The molecule has 6 heteroatoms. The van der Waals surface area contributed by atoms with Crippen LogP contribution in [0, 0.1) is 6.92 Å². The molecule has 1 aromatic heterocycles. The number of rotatable bonds is 6. The van der Waals surface area contributed by atoms with Crippen molar-refractivity contribution in [2.75, 3.05) is 19.0 Å². The van der Waals surface area contributed by atoms with Crippen molar-refractivity contribution >= 4 is 22.4 Å². The summed E-state index contributed by atoms with van der Waals surface area (Å²) in [6.07, 6.45) is 0. The summed E-state index contributed by atoms with van der Waals surface area (Å²) in [4.78, 5) is 18.1. The Hall–Kier alpha value is -2.86. The number of anilines is 1. The van der Waals surface area contributed by atoms with E-state index in [1.54, 1.807) is 25.3 Å². The Morgan fingerprint density at radius 2 is 1.92 bits per heavy atom. The molecule has 2 aromatic carbocycles. The van der Waals surface area contributed by atoms with E-state index in [0.29, 0.717) is 23.1 Å². The number of methoxy groups -OCH3 is 1. The van der Waals surface area contributed by atoms with Gasteiger partial charge in [0, 0.05) is 16.0 Å². The van der Waals surface area contributed by atoms with Crippen molar-refractivity contribution in [3.8, 4) is 22.8 Å². The maximum absolute atomic E-state index is 12.5. The monoisotopic (exact) mass is 368 g/mol. The number of benzene rings is 2. The van der Waals surface area contributed by atoms with Crippen molar-refractivity contribution in [1.29, 1.82) is 0 Å². The lowest BCUT2D eigenvalue weighted by Gasteiger charge is -2.05. The number of amides is 1. The van der Waals surface area contributed by atoms with Gasteiger partial charge in [-0.2, -0.15) is 0 Å². The van der Waals surface area contributed by atoms with Gasteiger partial charge in [-0.1, -0.05) is 6.07 Å². The van der Waals surface area contributed by atoms with Crippen LogP contribution in [0.1, 0.15) is 22.2 Å². The number of carbonyl (C=O) groups excluding carboxylic acids is 1. The highest BCUT2D eigenvalue weighted by Gasteiger charge is 2.14. The average Bonchev–Trinajstić information content (AvgIpc) is 3.02. The van der Waals surface area contributed by atoms with Gasteiger partial charge in [0.1, 0.15) is 11.5 Å². The van der Waals surface area contributed by atoms with Gasteiger partial charge in [0.05, 0.1) is 19.4 Å². The number of hydrogen-bond donors (Lipinski definition) is 1. The van der Waals surface area contributed by atoms with Gasteiger partial charge in [-0.25, -0.2) is 4.98 Å². The zero-order valence-corrected chi connectivity index (χ0v) is 15.7. The van der Waals surface area contributed by atoms with Crippen LogP contribution in [-0.2, 0) is 0 Å². The van der Waals surface area contributed by atoms with Gasteiger partial charge in [0.25, 0.3) is 5.91 Å². The third-order valence-corrected chi connectivity index (χ3v) is 4.67. The fraction of sp³-hybridized carbons (Fsp3) is 0.200. The number of nitrogens with zero attached hydrogens (tertiary/aromatic N) is 1. The molecule has 0 saturated heterocycles. The van der Waals surface area contributed by atoms with Gasteiger partial charge in [-0.15, -0.1) is 11.3 Å². The lowest BCUT2D eigenvalue weighted by atomic mass is 10.1. The minimum atomic E-state index is -0.207. The lowest BCUT2D eigenvalue weighted by molar-refractivity contribution is 0.102. The molecule has 26 heavy (non-hydrogen) atoms. The average molecular weight is 368 g/mol. The van der Waals surface area contributed by atoms with E-state index in [9.17, 15) is 4.79 Å². The van der Waals surface area contributed by atoms with Crippen molar-refractivity contribution in [2.45, 2.75) is 13.8 Å². The molecule has 1 heterocycles. The van der Waals surface area contributed by atoms with Crippen molar-refractivity contribution in [3.63, 3.8) is 0 Å². The van der Waals surface area contributed by atoms with Crippen LogP contribution in [0.5, 0.6) is 11.5 Å². The minimum Gasteiger partial charge on any atom is -0.497 e. The maximum atomic E-state index is 12.5. The number of nitrogens with one attached hydrogen (secondary N) is 1. The fourth-order valence-corrected chi connectivity index (χ4v) is 3.36. The first-order valence-electron chi connectivity index (χ1n) is 8.26. The van der Waals surface area contributed by atoms with Crippen LogP contribution in [0.25, 0.3) is 11.3 Å². The van der Waals surface area contributed by atoms with E-state index in [1.165, 1.54) is 11.3 Å². The SMILES string of the molecule is CCOc1cccc(C(=O)Nc2nc(-c3ccc(OC)cc3)c(C)s2)c1. The normalized spacial score (nSPS) is 10.4. The van der Waals surface area contributed by atoms with E-state index in [2.05, 4.69) is 10.3 Å². The standard InChI is InChI=1S/C20H20N2O3S/c1-4-25-17-7-5-6-15(12-17)19(23)22-20-21-18(13(2)26-20)14-8-10-16(24-3)11-9-14/h5-12H,4H2,1-3H3,(H,21,22,23). The summed E-state index contributed by atoms with van der Waals surface area (Å²) in [5, 5.41) is 3.44. The van der Waals surface area contributed by atoms with Crippen molar-refractivity contribution in [2.24, 2.45) is 0 Å². The summed E-state index contributed by atoms with van der Waals surface area (Å²) in [5.74, 6) is 1.26. The lowest BCUT2D eigenvalue weighted by Crippen LogP contribution is -2.11. The van der Waals surface area contributed by atoms with E-state index < -0.39 is 0 Å². The minimum absolute atomic E-state index is 0.207. The van der Waals surface area contributed by atoms with Gasteiger partial charge >= 0.3 is 0 Å². The molecule has 0 saturated carbocycles. The summed E-state index contributed by atoms with van der Waals surface area (Å²) in [5.41, 5.74) is 2.38. The molecule has 0 fully saturated rings. The van der Waals surface area contributed by atoms with E-state index in [0.717, 1.165) is 21.9 Å². The molecule has 0 spiro atoms. The molecule has 0 radical (unpaired) electrons. The van der Waals surface area contributed by atoms with Crippen molar-refractivity contribution in [1.82, 2.24) is 4.98 Å². The third-order valence-electron chi connectivity index (χ3n) is 3.79. The van der Waals surface area contributed by atoms with Crippen LogP contribution in [-0.4, -0.2) is 24.6 Å². The summed E-state index contributed by atoms with van der Waals surface area (Å²) >= 11 is 1.45. The Morgan fingerprint density at radius 1 is 1.15 bits per heavy atom. The van der Waals surface area contributed by atoms with Crippen molar-refractivity contribution < 1.29 is 14.3 Å². The second-order valence-corrected chi connectivity index (χ2v) is 6.77. The molecule has 0 atom stereocenters. The second-order valence-electron chi connectivity index (χ2n) is 5.57. The Balaban J connectivity index is 1.78. The number of aryl methyl sites for hydroxylation is 1. The number of thiazole rings is 1. The zero-order chi connectivity index (χ0) is 18.5. The fourth-order valence-electron chi connectivity index (χ4n) is 2.53. The quantitative estimate of drug-likeness (QED) is 0.680. The van der Waals surface area contributed by atoms with Crippen LogP contribution >= 0.6 is 11.3 Å². The first kappa shape index (κ1) is 17.9. The van der Waals surface area contributed by atoms with Crippen LogP contribution in [0.15, 0.2) is 48.5 Å². The van der Waals surface area contributed by atoms with Gasteiger partial charge in [0.15, 0.2) is 5.13 Å². The predicted molar refractivity (Wildman–Crippen MR) is 104 cm³/mol. The van der Waals surface area contributed by atoms with E-state index >= 15 is 0 Å². The number of carbonyl (C=O) groups is 1. The molecule has 3 aromatic rings. The largest absolute Gasteiger partial charge is 0.497 e. The van der Waals surface area contributed by atoms with Crippen LogP contribution in [0.3, 0.4) is 0 Å². The highest BCUT2D eigenvalue weighted by molar-refractivity contribution is 7.16. The summed E-state index contributed by atoms with van der Waals surface area (Å²) in [7, 11) is 1.64. The maximum Gasteiger partial charge on any atom is 0.257 e. The highest BCUT2D eigenvalue weighted by Crippen LogP contribution is 2.31. The van der Waals surface area contributed by atoms with Crippen LogP contribution in [0.2, 0.25) is 0 Å². The van der Waals surface area contributed by atoms with Gasteiger partial charge in [-0.05, 0) is 56.3 Å². The third kappa shape index (κ3) is 4.03. The van der Waals surface area contributed by atoms with Crippen molar-refractivity contribution in [3.05, 3.63) is 59.0 Å². The topological polar surface area (TPSA) is 60.5 Å². The summed E-state index contributed by atoms with van der Waals surface area (Å²) < 4.78 is 10.6.